The molecule has 1 aromatic rings. The highest BCUT2D eigenvalue weighted by Gasteiger charge is 2.59. The minimum atomic E-state index is -0.972. The molecular weight excluding hydrogens is 388 g/mol. The number of likely N-dealkylation sites (tertiary alicyclic amines) is 2. The lowest BCUT2D eigenvalue weighted by molar-refractivity contribution is -0.137. The number of alkyl halides is 1. The van der Waals surface area contributed by atoms with Crippen LogP contribution in [0.1, 0.15) is 50.2 Å². The zero-order valence-corrected chi connectivity index (χ0v) is 18.3. The van der Waals surface area contributed by atoms with Gasteiger partial charge >= 0.3 is 0 Å². The van der Waals surface area contributed by atoms with Crippen molar-refractivity contribution in [2.45, 2.75) is 63.0 Å². The minimum absolute atomic E-state index is 0.00958. The number of aromatic hydroxyl groups is 1. The fourth-order valence-corrected chi connectivity index (χ4v) is 5.99. The number of amides is 1. The van der Waals surface area contributed by atoms with Crippen molar-refractivity contribution in [3.63, 3.8) is 0 Å². The minimum Gasteiger partial charge on any atom is -0.508 e. The van der Waals surface area contributed by atoms with Crippen LogP contribution in [0, 0.1) is 12.8 Å². The lowest BCUT2D eigenvalue weighted by Gasteiger charge is -2.57. The summed E-state index contributed by atoms with van der Waals surface area (Å²) in [5.74, 6) is 0.892. The molecule has 1 aliphatic carbocycles. The van der Waals surface area contributed by atoms with Gasteiger partial charge in [0.25, 0.3) is 0 Å². The van der Waals surface area contributed by atoms with E-state index in [2.05, 4.69) is 18.7 Å². The molecular formula is C23H33ClN2O3. The first kappa shape index (κ1) is 21.0. The monoisotopic (exact) mass is 420 g/mol. The molecule has 3 atom stereocenters. The van der Waals surface area contributed by atoms with Gasteiger partial charge in [0.1, 0.15) is 11.6 Å². The average Bonchev–Trinajstić information content (AvgIpc) is 3.53. The maximum atomic E-state index is 12.4. The zero-order valence-electron chi connectivity index (χ0n) is 17.5. The van der Waals surface area contributed by atoms with Gasteiger partial charge in [-0.3, -0.25) is 9.69 Å². The van der Waals surface area contributed by atoms with Gasteiger partial charge in [-0.15, -0.1) is 11.6 Å². The Bertz CT molecular complexity index is 783. The van der Waals surface area contributed by atoms with Crippen LogP contribution in [0.3, 0.4) is 0 Å². The normalized spacial score (nSPS) is 33.2. The van der Waals surface area contributed by atoms with Crippen LogP contribution in [-0.4, -0.2) is 69.6 Å². The van der Waals surface area contributed by atoms with Gasteiger partial charge in [-0.05, 0) is 81.7 Å². The Morgan fingerprint density at radius 3 is 2.59 bits per heavy atom. The molecule has 3 aliphatic rings. The largest absolute Gasteiger partial charge is 0.508 e. The molecule has 2 heterocycles. The second-order valence-corrected chi connectivity index (χ2v) is 9.65. The number of nitrogens with zero attached hydrogens (tertiary/aromatic N) is 2. The number of hydrogen-bond acceptors (Lipinski definition) is 4. The highest BCUT2D eigenvalue weighted by atomic mass is 35.5. The standard InChI is InChI=1S/C23H33ClN2O3/c1-16-3-6-19(27)13-20(16)22-7-10-25(21(28)14-24)12-9-23(22,29)17(2)26(11-8-22)15-18-4-5-18/h3,6,13,17-18,27,29H,4-5,7-12,14-15H2,1-2H3. The molecule has 0 spiro atoms. The topological polar surface area (TPSA) is 64.0 Å². The van der Waals surface area contributed by atoms with E-state index in [1.54, 1.807) is 11.0 Å². The lowest BCUT2D eigenvalue weighted by atomic mass is 9.57. The highest BCUT2D eigenvalue weighted by Crippen LogP contribution is 2.53. The number of carbonyl (C=O) groups excluding carboxylic acids is 1. The second kappa shape index (κ2) is 7.75. The summed E-state index contributed by atoms with van der Waals surface area (Å²) in [6.45, 7) is 7.27. The van der Waals surface area contributed by atoms with Crippen LogP contribution >= 0.6 is 11.6 Å². The molecule has 2 saturated heterocycles. The third kappa shape index (κ3) is 3.55. The Morgan fingerprint density at radius 2 is 1.90 bits per heavy atom. The van der Waals surface area contributed by atoms with E-state index in [9.17, 15) is 15.0 Å². The van der Waals surface area contributed by atoms with Crippen molar-refractivity contribution < 1.29 is 15.0 Å². The van der Waals surface area contributed by atoms with Gasteiger partial charge < -0.3 is 15.1 Å². The van der Waals surface area contributed by atoms with Crippen LogP contribution in [0.15, 0.2) is 18.2 Å². The number of phenolic OH excluding ortho intramolecular Hbond substituents is 1. The fourth-order valence-electron chi connectivity index (χ4n) is 5.82. The van der Waals surface area contributed by atoms with E-state index < -0.39 is 11.0 Å². The Kier molecular flexibility index (Phi) is 5.60. The van der Waals surface area contributed by atoms with Crippen LogP contribution in [0.5, 0.6) is 5.75 Å². The number of aliphatic hydroxyl groups is 1. The Morgan fingerprint density at radius 1 is 1.21 bits per heavy atom. The average molecular weight is 421 g/mol. The van der Waals surface area contributed by atoms with Gasteiger partial charge in [0.05, 0.1) is 5.60 Å². The van der Waals surface area contributed by atoms with E-state index in [0.717, 1.165) is 36.6 Å². The second-order valence-electron chi connectivity index (χ2n) is 9.38. The first-order valence-electron chi connectivity index (χ1n) is 10.9. The van der Waals surface area contributed by atoms with Crippen molar-refractivity contribution in [3.8, 4) is 5.75 Å². The van der Waals surface area contributed by atoms with Crippen molar-refractivity contribution in [3.05, 3.63) is 29.3 Å². The molecule has 3 unspecified atom stereocenters. The van der Waals surface area contributed by atoms with E-state index in [0.29, 0.717) is 25.9 Å². The Hall–Kier alpha value is -1.30. The summed E-state index contributed by atoms with van der Waals surface area (Å²) in [7, 11) is 0. The van der Waals surface area contributed by atoms with E-state index in [1.807, 2.05) is 12.1 Å². The van der Waals surface area contributed by atoms with E-state index in [1.165, 1.54) is 12.8 Å². The summed E-state index contributed by atoms with van der Waals surface area (Å²) in [5.41, 5.74) is 0.649. The zero-order chi connectivity index (χ0) is 20.8. The number of aryl methyl sites for hydroxylation is 1. The molecule has 2 N–H and O–H groups in total. The van der Waals surface area contributed by atoms with Crippen molar-refractivity contribution in [1.29, 1.82) is 0 Å². The quantitative estimate of drug-likeness (QED) is 0.735. The van der Waals surface area contributed by atoms with E-state index >= 15 is 0 Å². The fraction of sp³-hybridized carbons (Fsp3) is 0.696. The molecule has 4 rings (SSSR count). The predicted octanol–water partition coefficient (Wildman–Crippen LogP) is 3.03. The number of benzene rings is 1. The molecule has 29 heavy (non-hydrogen) atoms. The van der Waals surface area contributed by atoms with Crippen LogP contribution in [-0.2, 0) is 10.2 Å². The third-order valence-corrected chi connectivity index (χ3v) is 8.09. The number of halogens is 1. The Balaban J connectivity index is 1.77. The summed E-state index contributed by atoms with van der Waals surface area (Å²) < 4.78 is 0. The molecule has 1 saturated carbocycles. The molecule has 160 valence electrons. The van der Waals surface area contributed by atoms with Gasteiger partial charge in [-0.25, -0.2) is 0 Å². The van der Waals surface area contributed by atoms with Gasteiger partial charge in [-0.1, -0.05) is 6.07 Å². The molecule has 0 bridgehead atoms. The maximum absolute atomic E-state index is 12.4. The van der Waals surface area contributed by atoms with Crippen molar-refractivity contribution in [1.82, 2.24) is 9.80 Å². The smallest absolute Gasteiger partial charge is 0.237 e. The SMILES string of the molecule is Cc1ccc(O)cc1C12CCN(C(=O)CCl)CCC1(O)C(C)N(CC1CC1)CC2. The summed E-state index contributed by atoms with van der Waals surface area (Å²) in [6.07, 6.45) is 4.60. The summed E-state index contributed by atoms with van der Waals surface area (Å²) in [4.78, 5) is 16.6. The summed E-state index contributed by atoms with van der Waals surface area (Å²) >= 11 is 5.84. The highest BCUT2D eigenvalue weighted by molar-refractivity contribution is 6.27. The van der Waals surface area contributed by atoms with Gasteiger partial charge in [0.15, 0.2) is 0 Å². The number of carbonyl (C=O) groups is 1. The van der Waals surface area contributed by atoms with Gasteiger partial charge in [-0.2, -0.15) is 0 Å². The Labute approximate surface area is 178 Å². The van der Waals surface area contributed by atoms with E-state index in [-0.39, 0.29) is 23.6 Å². The van der Waals surface area contributed by atoms with Crippen LogP contribution in [0.25, 0.3) is 0 Å². The number of rotatable bonds is 4. The van der Waals surface area contributed by atoms with Crippen LogP contribution in [0.2, 0.25) is 0 Å². The predicted molar refractivity (Wildman–Crippen MR) is 114 cm³/mol. The van der Waals surface area contributed by atoms with Gasteiger partial charge in [0, 0.05) is 31.1 Å². The number of phenols is 1. The molecule has 2 aliphatic heterocycles. The maximum Gasteiger partial charge on any atom is 0.237 e. The molecule has 0 radical (unpaired) electrons. The van der Waals surface area contributed by atoms with Crippen LogP contribution < -0.4 is 0 Å². The van der Waals surface area contributed by atoms with Crippen molar-refractivity contribution >= 4 is 17.5 Å². The third-order valence-electron chi connectivity index (χ3n) is 7.86. The summed E-state index contributed by atoms with van der Waals surface area (Å²) in [5, 5.41) is 22.6. The molecule has 5 nitrogen and oxygen atoms in total. The lowest BCUT2D eigenvalue weighted by Crippen LogP contribution is -2.68. The molecule has 1 aromatic carbocycles. The van der Waals surface area contributed by atoms with Crippen molar-refractivity contribution in [2.75, 3.05) is 32.1 Å². The summed E-state index contributed by atoms with van der Waals surface area (Å²) in [6, 6.07) is 5.47. The molecule has 6 heteroatoms. The first-order chi connectivity index (χ1) is 13.8. The van der Waals surface area contributed by atoms with Gasteiger partial charge in [0.2, 0.25) is 5.91 Å². The molecule has 3 fully saturated rings. The first-order valence-corrected chi connectivity index (χ1v) is 11.4. The molecule has 1 amide bonds. The van der Waals surface area contributed by atoms with Crippen LogP contribution in [0.4, 0.5) is 0 Å². The van der Waals surface area contributed by atoms with Crippen molar-refractivity contribution in [2.24, 2.45) is 5.92 Å². The molecule has 0 aromatic heterocycles. The van der Waals surface area contributed by atoms with E-state index in [4.69, 9.17) is 11.6 Å². The number of fused-ring (bicyclic) bond motifs is 1. The number of hydrogen-bond donors (Lipinski definition) is 2. The number of piperidine rings is 1.